The Kier molecular flexibility index (Phi) is 6.42. The summed E-state index contributed by atoms with van der Waals surface area (Å²) in [6.07, 6.45) is -0.939. The monoisotopic (exact) mass is 299 g/mol. The Morgan fingerprint density at radius 2 is 1.90 bits per heavy atom. The molecule has 0 fully saturated rings. The maximum absolute atomic E-state index is 13.4. The van der Waals surface area contributed by atoms with Crippen molar-refractivity contribution < 1.29 is 23.5 Å². The molecule has 1 atom stereocenters. The number of carbonyl (C=O) groups excluding carboxylic acids is 2. The average molecular weight is 299 g/mol. The van der Waals surface area contributed by atoms with Gasteiger partial charge in [0, 0.05) is 25.5 Å². The second kappa shape index (κ2) is 7.83. The molecule has 6 heteroatoms. The molecule has 0 aliphatic heterocycles. The fourth-order valence-corrected chi connectivity index (χ4v) is 1.62. The summed E-state index contributed by atoms with van der Waals surface area (Å²) in [5, 5.41) is 12.0. The third-order valence-electron chi connectivity index (χ3n) is 3.09. The summed E-state index contributed by atoms with van der Waals surface area (Å²) in [6, 6.07) is 2.69. The summed E-state index contributed by atoms with van der Waals surface area (Å²) < 4.78 is 26.1. The Bertz CT molecular complexity index is 518. The number of Topliss-reactive ketones (excluding diaryl/α,β-unsaturated/α-hetero) is 1. The molecule has 0 heterocycles. The Balaban J connectivity index is 2.44. The van der Waals surface area contributed by atoms with Gasteiger partial charge in [-0.2, -0.15) is 0 Å². The molecule has 0 saturated heterocycles. The number of aliphatic hydroxyl groups is 1. The van der Waals surface area contributed by atoms with E-state index in [9.17, 15) is 23.5 Å². The van der Waals surface area contributed by atoms with Gasteiger partial charge >= 0.3 is 0 Å². The Morgan fingerprint density at radius 1 is 1.24 bits per heavy atom. The van der Waals surface area contributed by atoms with Crippen LogP contribution in [0.4, 0.5) is 8.78 Å². The predicted molar refractivity (Wildman–Crippen MR) is 73.8 cm³/mol. The van der Waals surface area contributed by atoms with Gasteiger partial charge in [-0.1, -0.05) is 13.8 Å². The molecule has 116 valence electrons. The minimum atomic E-state index is -0.935. The first-order valence-corrected chi connectivity index (χ1v) is 6.74. The van der Waals surface area contributed by atoms with Crippen molar-refractivity contribution >= 4 is 11.7 Å². The lowest BCUT2D eigenvalue weighted by Crippen LogP contribution is -2.34. The molecule has 4 nitrogen and oxygen atoms in total. The lowest BCUT2D eigenvalue weighted by Gasteiger charge is -2.14. The first-order valence-electron chi connectivity index (χ1n) is 6.74. The van der Waals surface area contributed by atoms with E-state index in [1.54, 1.807) is 0 Å². The molecular weight excluding hydrogens is 280 g/mol. The van der Waals surface area contributed by atoms with Crippen molar-refractivity contribution in [1.82, 2.24) is 5.32 Å². The highest BCUT2D eigenvalue weighted by Crippen LogP contribution is 2.12. The van der Waals surface area contributed by atoms with Gasteiger partial charge in [-0.05, 0) is 18.1 Å². The van der Waals surface area contributed by atoms with E-state index in [4.69, 9.17) is 0 Å². The summed E-state index contributed by atoms with van der Waals surface area (Å²) in [7, 11) is 0. The SMILES string of the molecule is CC(C)C(O)CNC(=O)CCC(=O)c1ccc(F)cc1F. The molecule has 2 N–H and O–H groups in total. The number of amides is 1. The zero-order chi connectivity index (χ0) is 16.0. The van der Waals surface area contributed by atoms with Gasteiger partial charge < -0.3 is 10.4 Å². The van der Waals surface area contributed by atoms with Crippen molar-refractivity contribution in [3.63, 3.8) is 0 Å². The van der Waals surface area contributed by atoms with E-state index in [2.05, 4.69) is 5.32 Å². The highest BCUT2D eigenvalue weighted by Gasteiger charge is 2.15. The van der Waals surface area contributed by atoms with Crippen LogP contribution in [-0.4, -0.2) is 29.4 Å². The fourth-order valence-electron chi connectivity index (χ4n) is 1.62. The number of benzene rings is 1. The zero-order valence-corrected chi connectivity index (χ0v) is 12.0. The van der Waals surface area contributed by atoms with Gasteiger partial charge in [0.15, 0.2) is 5.78 Å². The second-order valence-electron chi connectivity index (χ2n) is 5.16. The van der Waals surface area contributed by atoms with Gasteiger partial charge in [-0.3, -0.25) is 9.59 Å². The van der Waals surface area contributed by atoms with Crippen molar-refractivity contribution in [2.45, 2.75) is 32.8 Å². The van der Waals surface area contributed by atoms with E-state index in [0.717, 1.165) is 12.1 Å². The normalized spacial score (nSPS) is 12.3. The van der Waals surface area contributed by atoms with Crippen LogP contribution in [0.3, 0.4) is 0 Å². The van der Waals surface area contributed by atoms with E-state index in [1.165, 1.54) is 0 Å². The molecule has 0 aliphatic rings. The topological polar surface area (TPSA) is 66.4 Å². The summed E-state index contributed by atoms with van der Waals surface area (Å²) in [5.74, 6) is -2.64. The number of carbonyl (C=O) groups is 2. The zero-order valence-electron chi connectivity index (χ0n) is 12.0. The molecule has 0 radical (unpaired) electrons. The van der Waals surface area contributed by atoms with Crippen molar-refractivity contribution in [1.29, 1.82) is 0 Å². The summed E-state index contributed by atoms with van der Waals surface area (Å²) >= 11 is 0. The number of hydrogen-bond acceptors (Lipinski definition) is 3. The standard InChI is InChI=1S/C15H19F2NO3/c1-9(2)14(20)8-18-15(21)6-5-13(19)11-4-3-10(16)7-12(11)17/h3-4,7,9,14,20H,5-6,8H2,1-2H3,(H,18,21). The van der Waals surface area contributed by atoms with Gasteiger partial charge in [0.25, 0.3) is 0 Å². The summed E-state index contributed by atoms with van der Waals surface area (Å²) in [5.41, 5.74) is -0.230. The smallest absolute Gasteiger partial charge is 0.220 e. The first kappa shape index (κ1) is 17.2. The molecule has 1 amide bonds. The van der Waals surface area contributed by atoms with Gasteiger partial charge in [0.05, 0.1) is 11.7 Å². The van der Waals surface area contributed by atoms with Crippen LogP contribution in [0.5, 0.6) is 0 Å². The van der Waals surface area contributed by atoms with Crippen LogP contribution in [0.15, 0.2) is 18.2 Å². The lowest BCUT2D eigenvalue weighted by atomic mass is 10.1. The van der Waals surface area contributed by atoms with Crippen LogP contribution in [-0.2, 0) is 4.79 Å². The molecule has 1 rings (SSSR count). The minimum absolute atomic E-state index is 0.0141. The number of aliphatic hydroxyl groups excluding tert-OH is 1. The average Bonchev–Trinajstić information content (AvgIpc) is 2.41. The summed E-state index contributed by atoms with van der Waals surface area (Å²) in [6.45, 7) is 3.74. The Morgan fingerprint density at radius 3 is 2.48 bits per heavy atom. The Hall–Kier alpha value is -1.82. The van der Waals surface area contributed by atoms with Crippen LogP contribution in [0, 0.1) is 17.6 Å². The maximum atomic E-state index is 13.4. The predicted octanol–water partition coefficient (Wildman–Crippen LogP) is 2.06. The molecule has 0 saturated carbocycles. The van der Waals surface area contributed by atoms with Crippen LogP contribution >= 0.6 is 0 Å². The molecule has 0 spiro atoms. The molecule has 21 heavy (non-hydrogen) atoms. The van der Waals surface area contributed by atoms with Gasteiger partial charge in [0.2, 0.25) is 5.91 Å². The number of rotatable bonds is 7. The molecule has 1 aromatic carbocycles. The fraction of sp³-hybridized carbons (Fsp3) is 0.467. The second-order valence-corrected chi connectivity index (χ2v) is 5.16. The molecule has 0 aromatic heterocycles. The quantitative estimate of drug-likeness (QED) is 0.757. The van der Waals surface area contributed by atoms with Gasteiger partial charge in [-0.25, -0.2) is 8.78 Å². The van der Waals surface area contributed by atoms with Crippen molar-refractivity contribution in [2.24, 2.45) is 5.92 Å². The van der Waals surface area contributed by atoms with Crippen LogP contribution in [0.2, 0.25) is 0 Å². The molecule has 1 aromatic rings. The van der Waals surface area contributed by atoms with Gasteiger partial charge in [-0.15, -0.1) is 0 Å². The third kappa shape index (κ3) is 5.59. The molecular formula is C15H19F2NO3. The van der Waals surface area contributed by atoms with Crippen LogP contribution in [0.25, 0.3) is 0 Å². The van der Waals surface area contributed by atoms with E-state index < -0.39 is 29.4 Å². The highest BCUT2D eigenvalue weighted by molar-refractivity contribution is 5.98. The third-order valence-corrected chi connectivity index (χ3v) is 3.09. The van der Waals surface area contributed by atoms with E-state index in [1.807, 2.05) is 13.8 Å². The van der Waals surface area contributed by atoms with E-state index in [0.29, 0.717) is 6.07 Å². The largest absolute Gasteiger partial charge is 0.391 e. The van der Waals surface area contributed by atoms with Crippen LogP contribution in [0.1, 0.15) is 37.0 Å². The lowest BCUT2D eigenvalue weighted by molar-refractivity contribution is -0.121. The number of ketones is 1. The number of halogens is 2. The van der Waals surface area contributed by atoms with Crippen molar-refractivity contribution in [2.75, 3.05) is 6.54 Å². The Labute approximate surface area is 122 Å². The maximum Gasteiger partial charge on any atom is 0.220 e. The van der Waals surface area contributed by atoms with Crippen LogP contribution < -0.4 is 5.32 Å². The minimum Gasteiger partial charge on any atom is -0.391 e. The summed E-state index contributed by atoms with van der Waals surface area (Å²) in [4.78, 5) is 23.3. The van der Waals surface area contributed by atoms with E-state index >= 15 is 0 Å². The molecule has 1 unspecified atom stereocenters. The van der Waals surface area contributed by atoms with Gasteiger partial charge in [0.1, 0.15) is 11.6 Å². The highest BCUT2D eigenvalue weighted by atomic mass is 19.1. The van der Waals surface area contributed by atoms with Crippen molar-refractivity contribution in [3.05, 3.63) is 35.4 Å². The van der Waals surface area contributed by atoms with Crippen molar-refractivity contribution in [3.8, 4) is 0 Å². The number of hydrogen-bond donors (Lipinski definition) is 2. The molecule has 0 bridgehead atoms. The number of nitrogens with one attached hydrogen (secondary N) is 1. The first-order chi connectivity index (χ1) is 9.81. The molecule has 0 aliphatic carbocycles. The van der Waals surface area contributed by atoms with E-state index in [-0.39, 0.29) is 30.9 Å².